The molecule has 3 rings (SSSR count). The van der Waals surface area contributed by atoms with Crippen molar-refractivity contribution in [1.29, 1.82) is 0 Å². The Labute approximate surface area is 164 Å². The fourth-order valence-corrected chi connectivity index (χ4v) is 4.06. The molecule has 0 bridgehead atoms. The van der Waals surface area contributed by atoms with Gasteiger partial charge < -0.3 is 15.8 Å². The maximum Gasteiger partial charge on any atom is 0.0950 e. The minimum Gasteiger partial charge on any atom is -0.396 e. The van der Waals surface area contributed by atoms with Crippen molar-refractivity contribution in [3.63, 3.8) is 0 Å². The lowest BCUT2D eigenvalue weighted by Gasteiger charge is -2.26. The molecule has 0 amide bonds. The van der Waals surface area contributed by atoms with Gasteiger partial charge in [-0.05, 0) is 50.6 Å². The second kappa shape index (κ2) is 9.38. The summed E-state index contributed by atoms with van der Waals surface area (Å²) in [5.41, 5.74) is 9.32. The molecule has 3 N–H and O–H groups in total. The number of halogens is 2. The summed E-state index contributed by atoms with van der Waals surface area (Å²) in [5, 5.41) is 3.46. The topological polar surface area (TPSA) is 50.5 Å². The van der Waals surface area contributed by atoms with Gasteiger partial charge in [-0.1, -0.05) is 28.1 Å². The zero-order chi connectivity index (χ0) is 18.5. The third kappa shape index (κ3) is 5.33. The summed E-state index contributed by atoms with van der Waals surface area (Å²) in [5.74, 6) is 1.02. The van der Waals surface area contributed by atoms with Crippen molar-refractivity contribution >= 4 is 15.9 Å². The van der Waals surface area contributed by atoms with E-state index in [9.17, 15) is 4.39 Å². The van der Waals surface area contributed by atoms with Gasteiger partial charge in [-0.25, -0.2) is 0 Å². The van der Waals surface area contributed by atoms with Gasteiger partial charge in [0.25, 0.3) is 0 Å². The number of ether oxygens (including phenoxy) is 1. The van der Waals surface area contributed by atoms with Gasteiger partial charge in [-0.2, -0.15) is 0 Å². The van der Waals surface area contributed by atoms with E-state index in [-0.39, 0.29) is 18.7 Å². The molecule has 6 heteroatoms. The van der Waals surface area contributed by atoms with Crippen LogP contribution in [0.2, 0.25) is 0 Å². The van der Waals surface area contributed by atoms with Crippen LogP contribution in [0.4, 0.5) is 4.39 Å². The van der Waals surface area contributed by atoms with Crippen LogP contribution >= 0.6 is 15.9 Å². The van der Waals surface area contributed by atoms with Crippen molar-refractivity contribution in [3.05, 3.63) is 33.6 Å². The highest BCUT2D eigenvalue weighted by Crippen LogP contribution is 2.31. The first-order chi connectivity index (χ1) is 12.6. The van der Waals surface area contributed by atoms with E-state index in [1.807, 2.05) is 6.92 Å². The van der Waals surface area contributed by atoms with E-state index < -0.39 is 0 Å². The Morgan fingerprint density at radius 1 is 1.42 bits per heavy atom. The number of nitrogens with two attached hydrogens (primary N) is 1. The molecule has 1 aliphatic heterocycles. The Bertz CT molecular complexity index is 586. The van der Waals surface area contributed by atoms with Crippen LogP contribution in [0.1, 0.15) is 32.6 Å². The minimum absolute atomic E-state index is 0.0337. The maximum atomic E-state index is 12.8. The Hall–Kier alpha value is -0.850. The van der Waals surface area contributed by atoms with Gasteiger partial charge in [-0.15, -0.1) is 0 Å². The third-order valence-corrected chi connectivity index (χ3v) is 6.48. The predicted octanol–water partition coefficient (Wildman–Crippen LogP) is 3.46. The molecular formula is C20H31BrFN3O. The molecule has 146 valence electrons. The van der Waals surface area contributed by atoms with Crippen LogP contribution in [0.25, 0.3) is 0 Å². The first-order valence-electron chi connectivity index (χ1n) is 9.74. The zero-order valence-corrected chi connectivity index (χ0v) is 17.2. The molecule has 3 aliphatic rings. The summed E-state index contributed by atoms with van der Waals surface area (Å²) >= 11 is 3.64. The van der Waals surface area contributed by atoms with E-state index in [0.717, 1.165) is 60.8 Å². The van der Waals surface area contributed by atoms with E-state index in [0.29, 0.717) is 6.61 Å². The van der Waals surface area contributed by atoms with Gasteiger partial charge in [0.05, 0.1) is 30.8 Å². The first-order valence-corrected chi connectivity index (χ1v) is 10.5. The van der Waals surface area contributed by atoms with Crippen molar-refractivity contribution in [2.24, 2.45) is 17.6 Å². The van der Waals surface area contributed by atoms with Crippen molar-refractivity contribution in [2.75, 3.05) is 39.5 Å². The smallest absolute Gasteiger partial charge is 0.0950 e. The predicted molar refractivity (Wildman–Crippen MR) is 108 cm³/mol. The SMILES string of the molecule is C/C=C(\COC1CC=C(NCC2CC2)C(N)=C1Br)CN1CCC(CF)C1. The monoisotopic (exact) mass is 427 g/mol. The molecule has 2 aliphatic carbocycles. The number of rotatable bonds is 9. The lowest BCUT2D eigenvalue weighted by Crippen LogP contribution is -2.30. The Balaban J connectivity index is 1.46. The molecule has 0 aromatic heterocycles. The van der Waals surface area contributed by atoms with Crippen LogP contribution in [-0.4, -0.2) is 50.5 Å². The van der Waals surface area contributed by atoms with E-state index in [4.69, 9.17) is 10.5 Å². The fourth-order valence-electron chi connectivity index (χ4n) is 3.52. The summed E-state index contributed by atoms with van der Waals surface area (Å²) < 4.78 is 19.9. The second-order valence-corrected chi connectivity index (χ2v) is 8.58. The first kappa shape index (κ1) is 19.9. The number of hydrogen-bond donors (Lipinski definition) is 2. The van der Waals surface area contributed by atoms with Gasteiger partial charge in [0.1, 0.15) is 0 Å². The summed E-state index contributed by atoms with van der Waals surface area (Å²) in [6.07, 6.45) is 8.66. The average Bonchev–Trinajstić information content (AvgIpc) is 3.37. The van der Waals surface area contributed by atoms with Crippen molar-refractivity contribution in [2.45, 2.75) is 38.7 Å². The molecule has 1 saturated carbocycles. The molecule has 26 heavy (non-hydrogen) atoms. The largest absolute Gasteiger partial charge is 0.396 e. The van der Waals surface area contributed by atoms with Crippen molar-refractivity contribution in [1.82, 2.24) is 10.2 Å². The molecule has 4 nitrogen and oxygen atoms in total. The van der Waals surface area contributed by atoms with Gasteiger partial charge in [0, 0.05) is 30.0 Å². The van der Waals surface area contributed by atoms with Crippen LogP contribution in [0, 0.1) is 11.8 Å². The third-order valence-electron chi connectivity index (χ3n) is 5.54. The van der Waals surface area contributed by atoms with Gasteiger partial charge in [0.2, 0.25) is 0 Å². The van der Waals surface area contributed by atoms with Crippen LogP contribution < -0.4 is 11.1 Å². The molecule has 0 aromatic rings. The van der Waals surface area contributed by atoms with Crippen molar-refractivity contribution in [3.8, 4) is 0 Å². The highest BCUT2D eigenvalue weighted by molar-refractivity contribution is 9.11. The number of nitrogens with zero attached hydrogens (tertiary/aromatic N) is 1. The average molecular weight is 428 g/mol. The van der Waals surface area contributed by atoms with Gasteiger partial charge in [0.15, 0.2) is 0 Å². The molecule has 2 atom stereocenters. The maximum absolute atomic E-state index is 12.8. The number of allylic oxidation sites excluding steroid dienone is 1. The van der Waals surface area contributed by atoms with E-state index in [2.05, 4.69) is 38.3 Å². The summed E-state index contributed by atoms with van der Waals surface area (Å²) in [7, 11) is 0. The lowest BCUT2D eigenvalue weighted by atomic mass is 10.1. The number of hydrogen-bond acceptors (Lipinski definition) is 4. The summed E-state index contributed by atoms with van der Waals surface area (Å²) in [6.45, 7) is 6.12. The number of nitrogens with one attached hydrogen (secondary N) is 1. The fraction of sp³-hybridized carbons (Fsp3) is 0.700. The number of alkyl halides is 1. The Morgan fingerprint density at radius 3 is 2.88 bits per heavy atom. The summed E-state index contributed by atoms with van der Waals surface area (Å²) in [6, 6.07) is 0. The van der Waals surface area contributed by atoms with Crippen LogP contribution in [0.15, 0.2) is 33.6 Å². The van der Waals surface area contributed by atoms with Crippen LogP contribution in [0.3, 0.4) is 0 Å². The molecular weight excluding hydrogens is 397 g/mol. The zero-order valence-electron chi connectivity index (χ0n) is 15.6. The molecule has 1 heterocycles. The Kier molecular flexibility index (Phi) is 7.18. The highest BCUT2D eigenvalue weighted by Gasteiger charge is 2.26. The normalized spacial score (nSPS) is 27.8. The molecule has 0 spiro atoms. The highest BCUT2D eigenvalue weighted by atomic mass is 79.9. The van der Waals surface area contributed by atoms with Gasteiger partial charge in [-0.3, -0.25) is 9.29 Å². The lowest BCUT2D eigenvalue weighted by molar-refractivity contribution is 0.0981. The standard InChI is InChI=1S/C20H31BrFN3O/c1-2-14(11-25-8-7-16(9-22)12-25)13-26-18-6-5-17(20(23)19(18)21)24-10-15-3-4-15/h2,5,15-16,18,24H,3-4,6-13,23H2,1H3/b14-2-. The summed E-state index contributed by atoms with van der Waals surface area (Å²) in [4.78, 5) is 2.32. The van der Waals surface area contributed by atoms with Crippen LogP contribution in [-0.2, 0) is 4.74 Å². The van der Waals surface area contributed by atoms with E-state index in [1.54, 1.807) is 0 Å². The minimum atomic E-state index is -0.208. The number of likely N-dealkylation sites (tertiary alicyclic amines) is 1. The van der Waals surface area contributed by atoms with Gasteiger partial charge >= 0.3 is 0 Å². The molecule has 1 saturated heterocycles. The molecule has 2 unspecified atom stereocenters. The van der Waals surface area contributed by atoms with Crippen LogP contribution in [0.5, 0.6) is 0 Å². The molecule has 2 fully saturated rings. The van der Waals surface area contributed by atoms with Crippen molar-refractivity contribution < 1.29 is 9.13 Å². The molecule has 0 aromatic carbocycles. The second-order valence-electron chi connectivity index (χ2n) is 7.73. The Morgan fingerprint density at radius 2 is 2.23 bits per heavy atom. The van der Waals surface area contributed by atoms with E-state index >= 15 is 0 Å². The quantitative estimate of drug-likeness (QED) is 0.553. The van der Waals surface area contributed by atoms with E-state index in [1.165, 1.54) is 18.4 Å². The molecule has 0 radical (unpaired) electrons.